The third-order valence-electron chi connectivity index (χ3n) is 2.35. The third kappa shape index (κ3) is 4.46. The highest BCUT2D eigenvalue weighted by Gasteiger charge is 2.31. The molecule has 1 fully saturated rings. The van der Waals surface area contributed by atoms with Gasteiger partial charge in [-0.3, -0.25) is 9.89 Å². The maximum absolute atomic E-state index is 11.9. The summed E-state index contributed by atoms with van der Waals surface area (Å²) in [6.07, 6.45) is 4.87. The molecule has 0 spiro atoms. The van der Waals surface area contributed by atoms with Gasteiger partial charge in [-0.15, -0.1) is 0 Å². The van der Waals surface area contributed by atoms with Crippen molar-refractivity contribution in [3.8, 4) is 0 Å². The number of carbonyl (C=O) groups is 1. The van der Waals surface area contributed by atoms with Crippen LogP contribution < -0.4 is 5.32 Å². The Labute approximate surface area is 103 Å². The van der Waals surface area contributed by atoms with Crippen molar-refractivity contribution in [2.75, 3.05) is 6.54 Å². The van der Waals surface area contributed by atoms with Crippen LogP contribution in [0.25, 0.3) is 0 Å². The predicted octanol–water partition coefficient (Wildman–Crippen LogP) is 2.10. The maximum atomic E-state index is 11.9. The molecule has 0 saturated carbocycles. The largest absolute Gasteiger partial charge is 0.444 e. The van der Waals surface area contributed by atoms with E-state index in [9.17, 15) is 4.79 Å². The lowest BCUT2D eigenvalue weighted by atomic mass is 10.2. The third-order valence-corrected chi connectivity index (χ3v) is 2.35. The number of nitrogens with one attached hydrogen (secondary N) is 1. The van der Waals surface area contributed by atoms with Crippen LogP contribution in [0.15, 0.2) is 17.4 Å². The zero-order chi connectivity index (χ0) is 12.9. The van der Waals surface area contributed by atoms with E-state index in [-0.39, 0.29) is 12.3 Å². The Morgan fingerprint density at radius 1 is 1.59 bits per heavy atom. The van der Waals surface area contributed by atoms with Crippen molar-refractivity contribution >= 4 is 12.8 Å². The van der Waals surface area contributed by atoms with Gasteiger partial charge in [0.2, 0.25) is 0 Å². The first kappa shape index (κ1) is 13.5. The Kier molecular flexibility index (Phi) is 4.54. The van der Waals surface area contributed by atoms with Crippen molar-refractivity contribution in [3.05, 3.63) is 12.4 Å². The summed E-state index contributed by atoms with van der Waals surface area (Å²) in [6.45, 7) is 9.67. The van der Waals surface area contributed by atoms with Crippen LogP contribution in [-0.2, 0) is 4.74 Å². The quantitative estimate of drug-likeness (QED) is 0.767. The lowest BCUT2D eigenvalue weighted by molar-refractivity contribution is 0.0211. The highest BCUT2D eigenvalue weighted by Crippen LogP contribution is 2.19. The normalized spacial score (nSPS) is 20.6. The van der Waals surface area contributed by atoms with E-state index < -0.39 is 5.60 Å². The van der Waals surface area contributed by atoms with Crippen LogP contribution in [0.3, 0.4) is 0 Å². The molecule has 1 amide bonds. The van der Waals surface area contributed by atoms with Crippen LogP contribution in [0.2, 0.25) is 0 Å². The van der Waals surface area contributed by atoms with Crippen LogP contribution in [0.1, 0.15) is 33.6 Å². The molecule has 0 aromatic rings. The summed E-state index contributed by atoms with van der Waals surface area (Å²) >= 11 is 0. The van der Waals surface area contributed by atoms with E-state index in [1.807, 2.05) is 20.8 Å². The highest BCUT2D eigenvalue weighted by atomic mass is 16.6. The van der Waals surface area contributed by atoms with Crippen molar-refractivity contribution < 1.29 is 9.53 Å². The van der Waals surface area contributed by atoms with Crippen LogP contribution >= 0.6 is 0 Å². The molecule has 0 aromatic heterocycles. The molecule has 96 valence electrons. The number of amides is 1. The maximum Gasteiger partial charge on any atom is 0.411 e. The van der Waals surface area contributed by atoms with Gasteiger partial charge in [-0.25, -0.2) is 4.79 Å². The van der Waals surface area contributed by atoms with E-state index >= 15 is 0 Å². The van der Waals surface area contributed by atoms with Gasteiger partial charge in [-0.2, -0.15) is 0 Å². The number of ether oxygens (including phenoxy) is 1. The number of likely N-dealkylation sites (tertiary alicyclic amines) is 1. The van der Waals surface area contributed by atoms with Crippen LogP contribution in [0.4, 0.5) is 4.79 Å². The topological polar surface area (TPSA) is 53.9 Å². The van der Waals surface area contributed by atoms with E-state index in [4.69, 9.17) is 4.74 Å². The molecule has 1 rings (SSSR count). The van der Waals surface area contributed by atoms with Gasteiger partial charge in [-0.05, 0) is 40.3 Å². The summed E-state index contributed by atoms with van der Waals surface area (Å²) in [6, 6.07) is 0. The van der Waals surface area contributed by atoms with E-state index in [1.165, 1.54) is 0 Å². The Morgan fingerprint density at radius 2 is 2.29 bits per heavy atom. The molecule has 1 saturated heterocycles. The summed E-state index contributed by atoms with van der Waals surface area (Å²) in [5, 5.41) is 3.11. The summed E-state index contributed by atoms with van der Waals surface area (Å²) < 4.78 is 5.35. The number of hydrogen-bond acceptors (Lipinski definition) is 4. The monoisotopic (exact) mass is 239 g/mol. The standard InChI is InChI=1S/C12H21N3O2/c1-12(2,3)17-11(16)15-9-5-6-10(15)14-8-7-13-4/h7-8,10,14H,4-6,9H2,1-3H3/b8-7-. The van der Waals surface area contributed by atoms with Gasteiger partial charge in [0, 0.05) is 18.9 Å². The molecular weight excluding hydrogens is 218 g/mol. The fraction of sp³-hybridized carbons (Fsp3) is 0.667. The molecule has 1 N–H and O–H groups in total. The molecule has 17 heavy (non-hydrogen) atoms. The average molecular weight is 239 g/mol. The smallest absolute Gasteiger partial charge is 0.411 e. The van der Waals surface area contributed by atoms with Gasteiger partial charge >= 0.3 is 6.09 Å². The van der Waals surface area contributed by atoms with Crippen molar-refractivity contribution in [2.24, 2.45) is 4.99 Å². The first-order valence-electron chi connectivity index (χ1n) is 5.80. The molecule has 5 nitrogen and oxygen atoms in total. The molecule has 5 heteroatoms. The number of aliphatic imine (C=N–C) groups is 1. The second-order valence-electron chi connectivity index (χ2n) is 5.00. The SMILES string of the molecule is C=N/C=C\NC1CCCN1C(=O)OC(C)(C)C. The second-order valence-corrected chi connectivity index (χ2v) is 5.00. The lowest BCUT2D eigenvalue weighted by Crippen LogP contribution is -2.45. The molecule has 1 aliphatic heterocycles. The van der Waals surface area contributed by atoms with Gasteiger partial charge in [0.05, 0.1) is 0 Å². The zero-order valence-electron chi connectivity index (χ0n) is 10.8. The molecule has 0 bridgehead atoms. The second kappa shape index (κ2) is 5.70. The van der Waals surface area contributed by atoms with Gasteiger partial charge in [0.25, 0.3) is 0 Å². The summed E-state index contributed by atoms with van der Waals surface area (Å²) in [5.74, 6) is 0. The minimum atomic E-state index is -0.456. The van der Waals surface area contributed by atoms with Crippen molar-refractivity contribution in [2.45, 2.75) is 45.4 Å². The molecule has 1 unspecified atom stereocenters. The molecule has 0 radical (unpaired) electrons. The van der Waals surface area contributed by atoms with Crippen LogP contribution in [0.5, 0.6) is 0 Å². The van der Waals surface area contributed by atoms with E-state index in [2.05, 4.69) is 17.0 Å². The fourth-order valence-corrected chi connectivity index (χ4v) is 1.69. The lowest BCUT2D eigenvalue weighted by Gasteiger charge is -2.28. The predicted molar refractivity (Wildman–Crippen MR) is 67.8 cm³/mol. The summed E-state index contributed by atoms with van der Waals surface area (Å²) in [7, 11) is 0. The van der Waals surface area contributed by atoms with Crippen molar-refractivity contribution in [3.63, 3.8) is 0 Å². The molecular formula is C12H21N3O2. The molecule has 1 atom stereocenters. The summed E-state index contributed by atoms with van der Waals surface area (Å²) in [4.78, 5) is 17.2. The fourth-order valence-electron chi connectivity index (χ4n) is 1.69. The summed E-state index contributed by atoms with van der Waals surface area (Å²) in [5.41, 5.74) is -0.456. The molecule has 1 heterocycles. The minimum absolute atomic E-state index is 0.0113. The van der Waals surface area contributed by atoms with Gasteiger partial charge < -0.3 is 10.1 Å². The molecule has 0 aromatic carbocycles. The van der Waals surface area contributed by atoms with Crippen molar-refractivity contribution in [1.29, 1.82) is 0 Å². The first-order chi connectivity index (χ1) is 7.94. The Hall–Kier alpha value is -1.52. The molecule has 1 aliphatic rings. The number of rotatable bonds is 3. The number of carbonyl (C=O) groups excluding carboxylic acids is 1. The molecule has 0 aliphatic carbocycles. The highest BCUT2D eigenvalue weighted by molar-refractivity contribution is 5.68. The van der Waals surface area contributed by atoms with Gasteiger partial charge in [-0.1, -0.05) is 0 Å². The van der Waals surface area contributed by atoms with Crippen LogP contribution in [-0.4, -0.2) is 36.0 Å². The first-order valence-corrected chi connectivity index (χ1v) is 5.80. The zero-order valence-corrected chi connectivity index (χ0v) is 10.8. The van der Waals surface area contributed by atoms with Gasteiger partial charge in [0.15, 0.2) is 0 Å². The Balaban J connectivity index is 2.53. The average Bonchev–Trinajstić information content (AvgIpc) is 2.64. The van der Waals surface area contributed by atoms with E-state index in [0.717, 1.165) is 19.4 Å². The van der Waals surface area contributed by atoms with E-state index in [1.54, 1.807) is 17.3 Å². The Bertz CT molecular complexity index is 307. The number of nitrogens with zero attached hydrogens (tertiary/aromatic N) is 2. The van der Waals surface area contributed by atoms with E-state index in [0.29, 0.717) is 0 Å². The minimum Gasteiger partial charge on any atom is -0.444 e. The van der Waals surface area contributed by atoms with Gasteiger partial charge in [0.1, 0.15) is 11.8 Å². The van der Waals surface area contributed by atoms with Crippen molar-refractivity contribution in [1.82, 2.24) is 10.2 Å². The Morgan fingerprint density at radius 3 is 2.88 bits per heavy atom. The number of hydrogen-bond donors (Lipinski definition) is 1. The van der Waals surface area contributed by atoms with Crippen LogP contribution in [0, 0.1) is 0 Å².